The number of carbonyl (C=O) groups is 1. The Morgan fingerprint density at radius 3 is 2.62 bits per heavy atom. The van der Waals surface area contributed by atoms with E-state index in [2.05, 4.69) is 16.8 Å². The van der Waals surface area contributed by atoms with Gasteiger partial charge in [-0.1, -0.05) is 0 Å². The van der Waals surface area contributed by atoms with Crippen molar-refractivity contribution >= 4 is 5.78 Å². The van der Waals surface area contributed by atoms with Crippen LogP contribution < -0.4 is 0 Å². The van der Waals surface area contributed by atoms with Gasteiger partial charge >= 0.3 is 0 Å². The number of benzene rings is 1. The molecule has 0 bridgehead atoms. The Hall–Kier alpha value is -1.33. The predicted octanol–water partition coefficient (Wildman–Crippen LogP) is 2.56. The molecule has 1 aliphatic heterocycles. The fourth-order valence-corrected chi connectivity index (χ4v) is 2.82. The molecule has 0 amide bonds. The average Bonchev–Trinajstić information content (AvgIpc) is 2.43. The molecule has 2 rings (SSSR count). The van der Waals surface area contributed by atoms with Crippen LogP contribution >= 0.6 is 0 Å². The summed E-state index contributed by atoms with van der Waals surface area (Å²) in [5, 5.41) is 0. The topological polar surface area (TPSA) is 23.6 Å². The second-order valence-corrected chi connectivity index (χ2v) is 5.87. The van der Waals surface area contributed by atoms with E-state index in [4.69, 9.17) is 0 Å². The van der Waals surface area contributed by atoms with Crippen molar-refractivity contribution in [3.8, 4) is 0 Å². The highest BCUT2D eigenvalue weighted by molar-refractivity contribution is 5.96. The predicted molar refractivity (Wildman–Crippen MR) is 78.5 cm³/mol. The third-order valence-corrected chi connectivity index (χ3v) is 4.10. The summed E-state index contributed by atoms with van der Waals surface area (Å²) in [5.41, 5.74) is 0.113. The number of rotatable bonds is 5. The summed E-state index contributed by atoms with van der Waals surface area (Å²) in [7, 11) is 4.10. The molecule has 1 aromatic carbocycles. The number of hydrogen-bond donors (Lipinski definition) is 0. The van der Waals surface area contributed by atoms with Crippen molar-refractivity contribution in [1.82, 2.24) is 9.80 Å². The van der Waals surface area contributed by atoms with Gasteiger partial charge in [0.2, 0.25) is 0 Å². The number of halogens is 2. The lowest BCUT2D eigenvalue weighted by atomic mass is 10.0. The molecule has 0 saturated carbocycles. The monoisotopic (exact) mass is 296 g/mol. The summed E-state index contributed by atoms with van der Waals surface area (Å²) in [5.74, 6) is -1.63. The van der Waals surface area contributed by atoms with Crippen LogP contribution in [0.25, 0.3) is 0 Å². The molecule has 1 aromatic rings. The van der Waals surface area contributed by atoms with Crippen molar-refractivity contribution in [3.05, 3.63) is 35.4 Å². The standard InChI is InChI=1S/C16H22F2N2O/c1-19-6-3-4-15(11-19)20(2)7-5-16(21)12-8-13(17)10-14(18)9-12/h8-10,15H,3-7,11H2,1-2H3. The second kappa shape index (κ2) is 7.09. The Kier molecular flexibility index (Phi) is 5.42. The lowest BCUT2D eigenvalue weighted by Crippen LogP contribution is -2.45. The van der Waals surface area contributed by atoms with Crippen LogP contribution in [0.4, 0.5) is 8.78 Å². The smallest absolute Gasteiger partial charge is 0.164 e. The lowest BCUT2D eigenvalue weighted by molar-refractivity contribution is 0.0931. The van der Waals surface area contributed by atoms with E-state index in [1.54, 1.807) is 0 Å². The highest BCUT2D eigenvalue weighted by atomic mass is 19.1. The molecule has 5 heteroatoms. The van der Waals surface area contributed by atoms with Gasteiger partial charge in [-0.25, -0.2) is 8.78 Å². The van der Waals surface area contributed by atoms with Crippen LogP contribution in [0.5, 0.6) is 0 Å². The number of piperidine rings is 1. The third kappa shape index (κ3) is 4.58. The van der Waals surface area contributed by atoms with Crippen LogP contribution in [-0.4, -0.2) is 55.4 Å². The highest BCUT2D eigenvalue weighted by Gasteiger charge is 2.21. The molecule has 0 aliphatic carbocycles. The van der Waals surface area contributed by atoms with Crippen LogP contribution in [0.15, 0.2) is 18.2 Å². The van der Waals surface area contributed by atoms with E-state index in [0.29, 0.717) is 12.6 Å². The summed E-state index contributed by atoms with van der Waals surface area (Å²) in [6, 6.07) is 3.42. The van der Waals surface area contributed by atoms with Gasteiger partial charge in [0.15, 0.2) is 5.78 Å². The van der Waals surface area contributed by atoms with Crippen molar-refractivity contribution in [2.75, 3.05) is 33.7 Å². The molecule has 1 saturated heterocycles. The number of Topliss-reactive ketones (excluding diaryl/α,β-unsaturated/α-hetero) is 1. The van der Waals surface area contributed by atoms with Crippen LogP contribution in [0.1, 0.15) is 29.6 Å². The maximum absolute atomic E-state index is 13.1. The maximum atomic E-state index is 13.1. The first-order valence-electron chi connectivity index (χ1n) is 7.34. The van der Waals surface area contributed by atoms with Gasteiger partial charge in [0, 0.05) is 37.2 Å². The minimum absolute atomic E-state index is 0.113. The van der Waals surface area contributed by atoms with Gasteiger partial charge in [0.1, 0.15) is 11.6 Å². The Balaban J connectivity index is 1.88. The number of ketones is 1. The molecule has 1 atom stereocenters. The zero-order valence-electron chi connectivity index (χ0n) is 12.6. The first-order valence-corrected chi connectivity index (χ1v) is 7.34. The quantitative estimate of drug-likeness (QED) is 0.780. The first-order chi connectivity index (χ1) is 9.95. The number of likely N-dealkylation sites (N-methyl/N-ethyl adjacent to an activating group) is 2. The van der Waals surface area contributed by atoms with Gasteiger partial charge in [-0.3, -0.25) is 4.79 Å². The first kappa shape index (κ1) is 16.0. The van der Waals surface area contributed by atoms with Gasteiger partial charge in [0.05, 0.1) is 0 Å². The largest absolute Gasteiger partial charge is 0.305 e. The molecule has 0 aromatic heterocycles. The summed E-state index contributed by atoms with van der Waals surface area (Å²) in [4.78, 5) is 16.5. The Bertz CT molecular complexity index is 487. The van der Waals surface area contributed by atoms with E-state index in [1.165, 1.54) is 0 Å². The summed E-state index contributed by atoms with van der Waals surface area (Å²) in [6.45, 7) is 2.72. The van der Waals surface area contributed by atoms with E-state index in [9.17, 15) is 13.6 Å². The van der Waals surface area contributed by atoms with Crippen LogP contribution in [0.2, 0.25) is 0 Å². The van der Waals surface area contributed by atoms with E-state index < -0.39 is 11.6 Å². The van der Waals surface area contributed by atoms with Crippen molar-refractivity contribution in [3.63, 3.8) is 0 Å². The fourth-order valence-electron chi connectivity index (χ4n) is 2.82. The van der Waals surface area contributed by atoms with Gasteiger partial charge in [-0.15, -0.1) is 0 Å². The Morgan fingerprint density at radius 1 is 1.33 bits per heavy atom. The molecule has 0 N–H and O–H groups in total. The van der Waals surface area contributed by atoms with Gasteiger partial charge in [-0.05, 0) is 45.6 Å². The van der Waals surface area contributed by atoms with Crippen LogP contribution in [-0.2, 0) is 0 Å². The van der Waals surface area contributed by atoms with E-state index >= 15 is 0 Å². The van der Waals surface area contributed by atoms with Gasteiger partial charge in [0.25, 0.3) is 0 Å². The Labute approximate surface area is 124 Å². The lowest BCUT2D eigenvalue weighted by Gasteiger charge is -2.35. The molecule has 0 radical (unpaired) electrons. The summed E-state index contributed by atoms with van der Waals surface area (Å²) >= 11 is 0. The normalized spacial score (nSPS) is 20.0. The van der Waals surface area contributed by atoms with Gasteiger partial charge in [-0.2, -0.15) is 0 Å². The second-order valence-electron chi connectivity index (χ2n) is 5.87. The average molecular weight is 296 g/mol. The van der Waals surface area contributed by atoms with Crippen molar-refractivity contribution in [2.45, 2.75) is 25.3 Å². The van der Waals surface area contributed by atoms with E-state index in [-0.39, 0.29) is 17.8 Å². The van der Waals surface area contributed by atoms with E-state index in [0.717, 1.165) is 44.1 Å². The highest BCUT2D eigenvalue weighted by Crippen LogP contribution is 2.15. The molecule has 1 aliphatic rings. The third-order valence-electron chi connectivity index (χ3n) is 4.10. The molecular formula is C16H22F2N2O. The van der Waals surface area contributed by atoms with Crippen molar-refractivity contribution < 1.29 is 13.6 Å². The van der Waals surface area contributed by atoms with Crippen LogP contribution in [0.3, 0.4) is 0 Å². The summed E-state index contributed by atoms with van der Waals surface area (Å²) in [6.07, 6.45) is 2.57. The molecule has 3 nitrogen and oxygen atoms in total. The molecule has 116 valence electrons. The summed E-state index contributed by atoms with van der Waals surface area (Å²) < 4.78 is 26.2. The molecule has 21 heavy (non-hydrogen) atoms. The number of nitrogens with zero attached hydrogens (tertiary/aromatic N) is 2. The zero-order valence-corrected chi connectivity index (χ0v) is 12.6. The molecular weight excluding hydrogens is 274 g/mol. The molecule has 1 fully saturated rings. The van der Waals surface area contributed by atoms with Crippen molar-refractivity contribution in [2.24, 2.45) is 0 Å². The van der Waals surface area contributed by atoms with E-state index in [1.807, 2.05) is 7.05 Å². The Morgan fingerprint density at radius 2 is 2.00 bits per heavy atom. The SMILES string of the molecule is CN1CCCC(N(C)CCC(=O)c2cc(F)cc(F)c2)C1. The van der Waals surface area contributed by atoms with Crippen LogP contribution in [0, 0.1) is 11.6 Å². The maximum Gasteiger partial charge on any atom is 0.164 e. The number of carbonyl (C=O) groups excluding carboxylic acids is 1. The fraction of sp³-hybridized carbons (Fsp3) is 0.562. The van der Waals surface area contributed by atoms with Gasteiger partial charge < -0.3 is 9.80 Å². The molecule has 1 unspecified atom stereocenters. The number of likely N-dealkylation sites (tertiary alicyclic amines) is 1. The molecule has 0 spiro atoms. The zero-order chi connectivity index (χ0) is 15.4. The minimum Gasteiger partial charge on any atom is -0.305 e. The van der Waals surface area contributed by atoms with Crippen molar-refractivity contribution in [1.29, 1.82) is 0 Å². The molecule has 1 heterocycles. The minimum atomic E-state index is -0.708. The number of hydrogen-bond acceptors (Lipinski definition) is 3.